The standard InChI is InChI=1S/C17H17BrO3/c1-11-4-6-13(7-5-11)17(19)12(2)21-16-9-8-14(20-3)10-15(16)18/h4-10,12H,1-3H3. The molecule has 0 aliphatic carbocycles. The number of Topliss-reactive ketones (excluding diaryl/α,β-unsaturated/α-hetero) is 1. The van der Waals surface area contributed by atoms with Gasteiger partial charge in [0, 0.05) is 5.56 Å². The van der Waals surface area contributed by atoms with Crippen molar-refractivity contribution in [3.05, 3.63) is 58.1 Å². The maximum Gasteiger partial charge on any atom is 0.202 e. The van der Waals surface area contributed by atoms with Gasteiger partial charge in [0.2, 0.25) is 5.78 Å². The zero-order valence-corrected chi connectivity index (χ0v) is 13.8. The summed E-state index contributed by atoms with van der Waals surface area (Å²) < 4.78 is 11.6. The maximum atomic E-state index is 12.3. The van der Waals surface area contributed by atoms with Gasteiger partial charge in [0.25, 0.3) is 0 Å². The highest BCUT2D eigenvalue weighted by atomic mass is 79.9. The molecule has 0 fully saturated rings. The van der Waals surface area contributed by atoms with Crippen LogP contribution in [0.3, 0.4) is 0 Å². The molecule has 0 aliphatic rings. The zero-order chi connectivity index (χ0) is 15.4. The van der Waals surface area contributed by atoms with Crippen molar-refractivity contribution in [2.24, 2.45) is 0 Å². The predicted molar refractivity (Wildman–Crippen MR) is 86.3 cm³/mol. The van der Waals surface area contributed by atoms with Gasteiger partial charge in [0.1, 0.15) is 11.5 Å². The minimum atomic E-state index is -0.558. The first-order chi connectivity index (χ1) is 10.0. The Labute approximate surface area is 133 Å². The molecule has 0 heterocycles. The van der Waals surface area contributed by atoms with Gasteiger partial charge in [-0.15, -0.1) is 0 Å². The summed E-state index contributed by atoms with van der Waals surface area (Å²) in [4.78, 5) is 12.3. The first-order valence-electron chi connectivity index (χ1n) is 6.62. The van der Waals surface area contributed by atoms with Crippen molar-refractivity contribution in [3.8, 4) is 11.5 Å². The fraction of sp³-hybridized carbons (Fsp3) is 0.235. The Morgan fingerprint density at radius 1 is 1.14 bits per heavy atom. The van der Waals surface area contributed by atoms with E-state index < -0.39 is 6.10 Å². The van der Waals surface area contributed by atoms with Crippen molar-refractivity contribution >= 4 is 21.7 Å². The lowest BCUT2D eigenvalue weighted by Crippen LogP contribution is -2.24. The molecule has 2 aromatic carbocycles. The summed E-state index contributed by atoms with van der Waals surface area (Å²) in [5.41, 5.74) is 1.77. The van der Waals surface area contributed by atoms with Gasteiger partial charge >= 0.3 is 0 Å². The van der Waals surface area contributed by atoms with Crippen LogP contribution in [-0.4, -0.2) is 19.0 Å². The molecule has 2 rings (SSSR count). The summed E-state index contributed by atoms with van der Waals surface area (Å²) in [7, 11) is 1.60. The number of halogens is 1. The van der Waals surface area contributed by atoms with Crippen molar-refractivity contribution in [2.75, 3.05) is 7.11 Å². The highest BCUT2D eigenvalue weighted by Crippen LogP contribution is 2.30. The van der Waals surface area contributed by atoms with Crippen LogP contribution in [0.15, 0.2) is 46.9 Å². The number of rotatable bonds is 5. The molecule has 110 valence electrons. The summed E-state index contributed by atoms with van der Waals surface area (Å²) in [6.45, 7) is 3.74. The van der Waals surface area contributed by atoms with E-state index in [1.807, 2.05) is 31.2 Å². The second kappa shape index (κ2) is 6.76. The Balaban J connectivity index is 2.12. The van der Waals surface area contributed by atoms with Crippen molar-refractivity contribution in [3.63, 3.8) is 0 Å². The monoisotopic (exact) mass is 348 g/mol. The number of carbonyl (C=O) groups excluding carboxylic acids is 1. The molecule has 2 aromatic rings. The van der Waals surface area contributed by atoms with E-state index in [1.54, 1.807) is 32.2 Å². The number of aryl methyl sites for hydroxylation is 1. The zero-order valence-electron chi connectivity index (χ0n) is 12.2. The molecule has 1 unspecified atom stereocenters. The van der Waals surface area contributed by atoms with Crippen molar-refractivity contribution in [1.29, 1.82) is 0 Å². The van der Waals surface area contributed by atoms with Crippen LogP contribution in [0.25, 0.3) is 0 Å². The fourth-order valence-corrected chi connectivity index (χ4v) is 2.35. The molecule has 0 bridgehead atoms. The van der Waals surface area contributed by atoms with Crippen molar-refractivity contribution in [1.82, 2.24) is 0 Å². The highest BCUT2D eigenvalue weighted by molar-refractivity contribution is 9.10. The van der Waals surface area contributed by atoms with Crippen LogP contribution in [0.2, 0.25) is 0 Å². The third-order valence-electron chi connectivity index (χ3n) is 3.15. The number of hydrogen-bond acceptors (Lipinski definition) is 3. The topological polar surface area (TPSA) is 35.5 Å². The third kappa shape index (κ3) is 3.85. The lowest BCUT2D eigenvalue weighted by molar-refractivity contribution is 0.0817. The largest absolute Gasteiger partial charge is 0.497 e. The minimum absolute atomic E-state index is 0.0438. The summed E-state index contributed by atoms with van der Waals surface area (Å²) >= 11 is 3.42. The Morgan fingerprint density at radius 3 is 2.38 bits per heavy atom. The molecule has 4 heteroatoms. The number of hydrogen-bond donors (Lipinski definition) is 0. The van der Waals surface area contributed by atoms with Gasteiger partial charge in [-0.2, -0.15) is 0 Å². The molecule has 0 radical (unpaired) electrons. The van der Waals surface area contributed by atoms with Crippen LogP contribution < -0.4 is 9.47 Å². The van der Waals surface area contributed by atoms with Gasteiger partial charge in [0.15, 0.2) is 6.10 Å². The van der Waals surface area contributed by atoms with Crippen molar-refractivity contribution < 1.29 is 14.3 Å². The van der Waals surface area contributed by atoms with E-state index in [0.29, 0.717) is 11.3 Å². The van der Waals surface area contributed by atoms with E-state index in [1.165, 1.54) is 0 Å². The lowest BCUT2D eigenvalue weighted by Gasteiger charge is -2.15. The summed E-state index contributed by atoms with van der Waals surface area (Å²) in [6.07, 6.45) is -0.558. The van der Waals surface area contributed by atoms with E-state index in [9.17, 15) is 4.79 Å². The van der Waals surface area contributed by atoms with E-state index in [0.717, 1.165) is 15.8 Å². The third-order valence-corrected chi connectivity index (χ3v) is 3.77. The molecule has 1 atom stereocenters. The lowest BCUT2D eigenvalue weighted by atomic mass is 10.1. The Morgan fingerprint density at radius 2 is 1.81 bits per heavy atom. The molecule has 0 saturated carbocycles. The summed E-state index contributed by atoms with van der Waals surface area (Å²) in [5.74, 6) is 1.30. The number of benzene rings is 2. The van der Waals surface area contributed by atoms with Gasteiger partial charge in [-0.25, -0.2) is 0 Å². The number of carbonyl (C=O) groups is 1. The molecular weight excluding hydrogens is 332 g/mol. The van der Waals surface area contributed by atoms with E-state index in [2.05, 4.69) is 15.9 Å². The Bertz CT molecular complexity index is 635. The van der Waals surface area contributed by atoms with E-state index >= 15 is 0 Å². The van der Waals surface area contributed by atoms with Crippen LogP contribution in [0.5, 0.6) is 11.5 Å². The molecule has 21 heavy (non-hydrogen) atoms. The van der Waals surface area contributed by atoms with E-state index in [-0.39, 0.29) is 5.78 Å². The second-order valence-corrected chi connectivity index (χ2v) is 5.64. The van der Waals surface area contributed by atoms with Crippen molar-refractivity contribution in [2.45, 2.75) is 20.0 Å². The first kappa shape index (κ1) is 15.6. The predicted octanol–water partition coefficient (Wildman–Crippen LogP) is 4.42. The van der Waals surface area contributed by atoms with Gasteiger partial charge in [0.05, 0.1) is 11.6 Å². The van der Waals surface area contributed by atoms with Crippen LogP contribution >= 0.6 is 15.9 Å². The number of ether oxygens (including phenoxy) is 2. The average molecular weight is 349 g/mol. The highest BCUT2D eigenvalue weighted by Gasteiger charge is 2.18. The first-order valence-corrected chi connectivity index (χ1v) is 7.41. The Kier molecular flexibility index (Phi) is 5.02. The molecule has 0 spiro atoms. The SMILES string of the molecule is COc1ccc(OC(C)C(=O)c2ccc(C)cc2)c(Br)c1. The smallest absolute Gasteiger partial charge is 0.202 e. The van der Waals surface area contributed by atoms with Gasteiger partial charge in [-0.05, 0) is 48.0 Å². The normalized spacial score (nSPS) is 11.8. The van der Waals surface area contributed by atoms with Gasteiger partial charge < -0.3 is 9.47 Å². The summed E-state index contributed by atoms with van der Waals surface area (Å²) in [5, 5.41) is 0. The fourth-order valence-electron chi connectivity index (χ4n) is 1.90. The molecule has 0 aromatic heterocycles. The molecular formula is C17H17BrO3. The molecule has 0 aliphatic heterocycles. The van der Waals surface area contributed by atoms with Gasteiger partial charge in [-0.3, -0.25) is 4.79 Å². The number of methoxy groups -OCH3 is 1. The van der Waals surface area contributed by atoms with Crippen LogP contribution in [-0.2, 0) is 0 Å². The van der Waals surface area contributed by atoms with E-state index in [4.69, 9.17) is 9.47 Å². The second-order valence-electron chi connectivity index (χ2n) is 4.79. The molecule has 3 nitrogen and oxygen atoms in total. The minimum Gasteiger partial charge on any atom is -0.497 e. The molecule has 0 N–H and O–H groups in total. The van der Waals surface area contributed by atoms with Gasteiger partial charge in [-0.1, -0.05) is 29.8 Å². The average Bonchev–Trinajstić information content (AvgIpc) is 2.49. The molecule has 0 saturated heterocycles. The summed E-state index contributed by atoms with van der Waals surface area (Å²) in [6, 6.07) is 12.9. The quantitative estimate of drug-likeness (QED) is 0.750. The maximum absolute atomic E-state index is 12.3. The Hall–Kier alpha value is -1.81. The van der Waals surface area contributed by atoms with Crippen LogP contribution in [0.4, 0.5) is 0 Å². The number of ketones is 1. The van der Waals surface area contributed by atoms with Crippen LogP contribution in [0.1, 0.15) is 22.8 Å². The molecule has 0 amide bonds. The van der Waals surface area contributed by atoms with Crippen LogP contribution in [0, 0.1) is 6.92 Å².